The minimum atomic E-state index is -0.247. The molecule has 4 rings (SSSR count). The summed E-state index contributed by atoms with van der Waals surface area (Å²) in [7, 11) is 0. The van der Waals surface area contributed by atoms with Crippen LogP contribution in [0.25, 0.3) is 0 Å². The number of hydrogen-bond acceptors (Lipinski definition) is 2. The number of hydrazone groups is 1. The highest BCUT2D eigenvalue weighted by Gasteiger charge is 2.31. The molecule has 0 aromatic heterocycles. The summed E-state index contributed by atoms with van der Waals surface area (Å²) in [5.74, 6) is -0.247. The molecule has 0 amide bonds. The Kier molecular flexibility index (Phi) is 5.67. The molecule has 1 unspecified atom stereocenters. The van der Waals surface area contributed by atoms with E-state index < -0.39 is 0 Å². The minimum absolute atomic E-state index is 0.0670. The predicted octanol–water partition coefficient (Wildman–Crippen LogP) is 5.36. The Morgan fingerprint density at radius 1 is 1.03 bits per heavy atom. The van der Waals surface area contributed by atoms with E-state index in [0.29, 0.717) is 18.1 Å². The third-order valence-corrected chi connectivity index (χ3v) is 5.38. The van der Waals surface area contributed by atoms with Gasteiger partial charge < -0.3 is 5.32 Å². The van der Waals surface area contributed by atoms with Gasteiger partial charge in [0.25, 0.3) is 0 Å². The van der Waals surface area contributed by atoms with Crippen LogP contribution in [0.2, 0.25) is 0 Å². The lowest BCUT2D eigenvalue weighted by molar-refractivity contribution is 0.363. The van der Waals surface area contributed by atoms with Gasteiger partial charge in [-0.3, -0.25) is 0 Å². The third kappa shape index (κ3) is 4.51. The van der Waals surface area contributed by atoms with E-state index in [1.807, 2.05) is 23.2 Å². The maximum atomic E-state index is 13.4. The van der Waals surface area contributed by atoms with E-state index in [1.165, 1.54) is 17.7 Å². The van der Waals surface area contributed by atoms with E-state index >= 15 is 0 Å². The summed E-state index contributed by atoms with van der Waals surface area (Å²) in [6.45, 7) is 2.69. The predicted molar refractivity (Wildman–Crippen MR) is 119 cm³/mol. The lowest BCUT2D eigenvalue weighted by Crippen LogP contribution is -2.36. The molecule has 1 aliphatic heterocycles. The highest BCUT2D eigenvalue weighted by molar-refractivity contribution is 7.80. The molecule has 0 saturated heterocycles. The molecule has 3 aromatic carbocycles. The fourth-order valence-electron chi connectivity index (χ4n) is 3.42. The number of hydrogen-bond donors (Lipinski definition) is 1. The Morgan fingerprint density at radius 2 is 1.72 bits per heavy atom. The van der Waals surface area contributed by atoms with Crippen molar-refractivity contribution in [3.05, 3.63) is 107 Å². The van der Waals surface area contributed by atoms with E-state index in [-0.39, 0.29) is 11.9 Å². The van der Waals surface area contributed by atoms with Crippen molar-refractivity contribution in [3.8, 4) is 0 Å². The Balaban J connectivity index is 1.58. The maximum absolute atomic E-state index is 13.4. The first-order valence-corrected chi connectivity index (χ1v) is 10.0. The largest absolute Gasteiger partial charge is 0.357 e. The van der Waals surface area contributed by atoms with Crippen LogP contribution in [0.15, 0.2) is 84.0 Å². The van der Waals surface area contributed by atoms with Gasteiger partial charge in [-0.25, -0.2) is 9.40 Å². The molecule has 1 aliphatic rings. The summed E-state index contributed by atoms with van der Waals surface area (Å²) in [5.41, 5.74) is 5.40. The number of nitrogens with one attached hydrogen (secondary N) is 1. The van der Waals surface area contributed by atoms with Gasteiger partial charge >= 0.3 is 0 Å². The number of aryl methyl sites for hydroxylation is 1. The molecule has 0 bridgehead atoms. The summed E-state index contributed by atoms with van der Waals surface area (Å²) in [5, 5.41) is 10.6. The van der Waals surface area contributed by atoms with Crippen LogP contribution in [0.1, 0.15) is 34.7 Å². The van der Waals surface area contributed by atoms with Gasteiger partial charge in [-0.2, -0.15) is 5.10 Å². The van der Waals surface area contributed by atoms with Gasteiger partial charge in [0.2, 0.25) is 0 Å². The molecule has 5 heteroatoms. The lowest BCUT2D eigenvalue weighted by atomic mass is 9.98. The van der Waals surface area contributed by atoms with E-state index in [1.54, 1.807) is 12.1 Å². The lowest BCUT2D eigenvalue weighted by Gasteiger charge is -2.25. The molecule has 1 atom stereocenters. The Bertz CT molecular complexity index is 1010. The zero-order valence-electron chi connectivity index (χ0n) is 16.2. The molecule has 0 saturated carbocycles. The molecule has 3 aromatic rings. The van der Waals surface area contributed by atoms with Crippen LogP contribution < -0.4 is 5.32 Å². The van der Waals surface area contributed by atoms with E-state index in [9.17, 15) is 4.39 Å². The van der Waals surface area contributed by atoms with E-state index in [2.05, 4.69) is 48.6 Å². The van der Waals surface area contributed by atoms with Crippen LogP contribution in [0.3, 0.4) is 0 Å². The van der Waals surface area contributed by atoms with Crippen molar-refractivity contribution in [2.75, 3.05) is 0 Å². The number of nitrogens with zero attached hydrogens (tertiary/aromatic N) is 2. The van der Waals surface area contributed by atoms with Crippen molar-refractivity contribution >= 4 is 23.0 Å². The molecule has 0 aliphatic carbocycles. The van der Waals surface area contributed by atoms with E-state index in [0.717, 1.165) is 22.4 Å². The second kappa shape index (κ2) is 8.53. The maximum Gasteiger partial charge on any atom is 0.190 e. The van der Waals surface area contributed by atoms with E-state index in [4.69, 9.17) is 17.3 Å². The van der Waals surface area contributed by atoms with Gasteiger partial charge in [-0.15, -0.1) is 0 Å². The molecule has 29 heavy (non-hydrogen) atoms. The molecule has 0 spiro atoms. The topological polar surface area (TPSA) is 27.6 Å². The molecule has 1 N–H and O–H groups in total. The molecule has 146 valence electrons. The number of benzene rings is 3. The van der Waals surface area contributed by atoms with Crippen LogP contribution >= 0.6 is 12.2 Å². The van der Waals surface area contributed by atoms with Crippen molar-refractivity contribution in [1.82, 2.24) is 10.3 Å². The first-order chi connectivity index (χ1) is 14.1. The highest BCUT2D eigenvalue weighted by Crippen LogP contribution is 2.33. The van der Waals surface area contributed by atoms with Gasteiger partial charge in [-0.1, -0.05) is 72.3 Å². The molecule has 0 fully saturated rings. The average Bonchev–Trinajstić information content (AvgIpc) is 3.19. The zero-order chi connectivity index (χ0) is 20.2. The third-order valence-electron chi connectivity index (χ3n) is 5.04. The zero-order valence-corrected chi connectivity index (χ0v) is 17.0. The Labute approximate surface area is 175 Å². The first kappa shape index (κ1) is 19.3. The minimum Gasteiger partial charge on any atom is -0.357 e. The molecule has 1 heterocycles. The van der Waals surface area contributed by atoms with Crippen molar-refractivity contribution in [2.24, 2.45) is 5.10 Å². The fraction of sp³-hybridized carbons (Fsp3) is 0.167. The number of thiocarbonyl (C=S) groups is 1. The molecular formula is C24H22FN3S. The van der Waals surface area contributed by atoms with Crippen molar-refractivity contribution in [2.45, 2.75) is 25.9 Å². The molecule has 0 radical (unpaired) electrons. The summed E-state index contributed by atoms with van der Waals surface area (Å²) in [6.07, 6.45) is 0.710. The summed E-state index contributed by atoms with van der Waals surface area (Å²) in [4.78, 5) is 0. The van der Waals surface area contributed by atoms with Gasteiger partial charge in [-0.05, 0) is 48.0 Å². The van der Waals surface area contributed by atoms with Crippen LogP contribution in [-0.2, 0) is 6.54 Å². The SMILES string of the molecule is Cc1ccc(C2=NN(C(=S)NCc3ccccc3)C(c3ccc(F)cc3)C2)cc1. The summed E-state index contributed by atoms with van der Waals surface area (Å²) >= 11 is 5.67. The Morgan fingerprint density at radius 3 is 2.41 bits per heavy atom. The monoisotopic (exact) mass is 403 g/mol. The standard InChI is InChI=1S/C24H22FN3S/c1-17-7-9-19(10-8-17)22-15-23(20-11-13-21(25)14-12-20)28(27-22)24(29)26-16-18-5-3-2-4-6-18/h2-14,23H,15-16H2,1H3,(H,26,29). The quantitative estimate of drug-likeness (QED) is 0.594. The van der Waals surface area contributed by atoms with Crippen molar-refractivity contribution in [3.63, 3.8) is 0 Å². The average molecular weight is 404 g/mol. The number of rotatable bonds is 4. The van der Waals surface area contributed by atoms with Gasteiger partial charge in [0.1, 0.15) is 5.82 Å². The second-order valence-corrected chi connectivity index (χ2v) is 7.56. The van der Waals surface area contributed by atoms with Crippen molar-refractivity contribution in [1.29, 1.82) is 0 Å². The van der Waals surface area contributed by atoms with Gasteiger partial charge in [0, 0.05) is 13.0 Å². The Hall–Kier alpha value is -3.05. The van der Waals surface area contributed by atoms with Crippen LogP contribution in [0, 0.1) is 12.7 Å². The smallest absolute Gasteiger partial charge is 0.190 e. The normalized spacial score (nSPS) is 15.9. The summed E-state index contributed by atoms with van der Waals surface area (Å²) in [6, 6.07) is 25.0. The fourth-order valence-corrected chi connectivity index (χ4v) is 3.66. The second-order valence-electron chi connectivity index (χ2n) is 7.17. The number of halogens is 1. The van der Waals surface area contributed by atoms with Gasteiger partial charge in [0.15, 0.2) is 5.11 Å². The highest BCUT2D eigenvalue weighted by atomic mass is 32.1. The summed E-state index contributed by atoms with van der Waals surface area (Å²) < 4.78 is 13.4. The molecular weight excluding hydrogens is 381 g/mol. The van der Waals surface area contributed by atoms with Gasteiger partial charge in [0.05, 0.1) is 11.8 Å². The first-order valence-electron chi connectivity index (χ1n) is 9.61. The molecule has 3 nitrogen and oxygen atoms in total. The van der Waals surface area contributed by atoms with Crippen LogP contribution in [0.5, 0.6) is 0 Å². The van der Waals surface area contributed by atoms with Crippen LogP contribution in [-0.4, -0.2) is 15.8 Å². The van der Waals surface area contributed by atoms with Crippen molar-refractivity contribution < 1.29 is 4.39 Å². The van der Waals surface area contributed by atoms with Crippen LogP contribution in [0.4, 0.5) is 4.39 Å².